The van der Waals surface area contributed by atoms with Crippen molar-refractivity contribution in [2.75, 3.05) is 14.2 Å². The number of hydrogen-bond acceptors (Lipinski definition) is 5. The summed E-state index contributed by atoms with van der Waals surface area (Å²) in [6.07, 6.45) is 0. The summed E-state index contributed by atoms with van der Waals surface area (Å²) in [5.41, 5.74) is 8.98. The van der Waals surface area contributed by atoms with Crippen LogP contribution < -0.4 is 15.2 Å². The van der Waals surface area contributed by atoms with Crippen molar-refractivity contribution in [1.29, 1.82) is 0 Å². The highest BCUT2D eigenvalue weighted by atomic mass is 16.5. The molecule has 19 heavy (non-hydrogen) atoms. The fourth-order valence-corrected chi connectivity index (χ4v) is 1.89. The van der Waals surface area contributed by atoms with Crippen LogP contribution in [0.15, 0.2) is 30.3 Å². The predicted octanol–water partition coefficient (Wildman–Crippen LogP) is 1.85. The van der Waals surface area contributed by atoms with Crippen LogP contribution in [0.4, 0.5) is 0 Å². The molecule has 0 fully saturated rings. The molecule has 2 aromatic rings. The van der Waals surface area contributed by atoms with Gasteiger partial charge in [-0.1, -0.05) is 6.07 Å². The largest absolute Gasteiger partial charge is 0.497 e. The van der Waals surface area contributed by atoms with Crippen LogP contribution in [0, 0.1) is 6.92 Å². The normalized spacial score (nSPS) is 12.0. The number of aryl methyl sites for hydroxylation is 1. The van der Waals surface area contributed by atoms with E-state index in [1.807, 2.05) is 31.2 Å². The molecule has 1 heterocycles. The lowest BCUT2D eigenvalue weighted by atomic mass is 9.99. The van der Waals surface area contributed by atoms with Gasteiger partial charge in [-0.3, -0.25) is 0 Å². The average molecular weight is 259 g/mol. The maximum atomic E-state index is 6.22. The third kappa shape index (κ3) is 2.82. The van der Waals surface area contributed by atoms with Gasteiger partial charge in [0.25, 0.3) is 0 Å². The highest BCUT2D eigenvalue weighted by Gasteiger charge is 2.14. The molecule has 0 saturated heterocycles. The molecule has 0 aliphatic heterocycles. The standard InChI is InChI=1S/C14H17N3O2/c1-9-8-10(18-2)4-5-11(9)14(15)12-6-7-13(19-3)17-16-12/h4-8,14H,15H2,1-3H3. The van der Waals surface area contributed by atoms with Crippen LogP contribution in [0.5, 0.6) is 11.6 Å². The van der Waals surface area contributed by atoms with E-state index in [0.717, 1.165) is 16.9 Å². The monoisotopic (exact) mass is 259 g/mol. The van der Waals surface area contributed by atoms with Crippen LogP contribution in [0.3, 0.4) is 0 Å². The Morgan fingerprint density at radius 2 is 1.84 bits per heavy atom. The van der Waals surface area contributed by atoms with Gasteiger partial charge in [0.05, 0.1) is 26.0 Å². The lowest BCUT2D eigenvalue weighted by molar-refractivity contribution is 0.390. The smallest absolute Gasteiger partial charge is 0.233 e. The molecule has 2 N–H and O–H groups in total. The van der Waals surface area contributed by atoms with E-state index in [4.69, 9.17) is 15.2 Å². The molecule has 0 aliphatic carbocycles. The zero-order valence-corrected chi connectivity index (χ0v) is 11.3. The van der Waals surface area contributed by atoms with E-state index in [-0.39, 0.29) is 6.04 Å². The van der Waals surface area contributed by atoms with Gasteiger partial charge in [0.2, 0.25) is 5.88 Å². The number of ether oxygens (including phenoxy) is 2. The maximum Gasteiger partial charge on any atom is 0.233 e. The number of benzene rings is 1. The molecular weight excluding hydrogens is 242 g/mol. The molecule has 0 spiro atoms. The summed E-state index contributed by atoms with van der Waals surface area (Å²) in [5, 5.41) is 8.01. The molecule has 0 bridgehead atoms. The van der Waals surface area contributed by atoms with Gasteiger partial charge in [-0.05, 0) is 36.2 Å². The minimum atomic E-state index is -0.315. The first-order valence-electron chi connectivity index (χ1n) is 5.93. The molecule has 5 nitrogen and oxygen atoms in total. The number of methoxy groups -OCH3 is 2. The van der Waals surface area contributed by atoms with Crippen molar-refractivity contribution in [3.63, 3.8) is 0 Å². The Hall–Kier alpha value is -2.14. The highest BCUT2D eigenvalue weighted by Crippen LogP contribution is 2.25. The number of nitrogens with two attached hydrogens (primary N) is 1. The summed E-state index contributed by atoms with van der Waals surface area (Å²) in [7, 11) is 3.19. The Balaban J connectivity index is 2.29. The second-order valence-corrected chi connectivity index (χ2v) is 4.20. The molecule has 1 unspecified atom stereocenters. The Labute approximate surface area is 112 Å². The molecule has 0 radical (unpaired) electrons. The topological polar surface area (TPSA) is 70.3 Å². The van der Waals surface area contributed by atoms with Crippen molar-refractivity contribution >= 4 is 0 Å². The van der Waals surface area contributed by atoms with E-state index in [0.29, 0.717) is 11.6 Å². The van der Waals surface area contributed by atoms with Gasteiger partial charge in [0.15, 0.2) is 0 Å². The molecule has 1 aromatic carbocycles. The highest BCUT2D eigenvalue weighted by molar-refractivity contribution is 5.39. The van der Waals surface area contributed by atoms with Crippen LogP contribution in [0.2, 0.25) is 0 Å². The lowest BCUT2D eigenvalue weighted by Crippen LogP contribution is -2.15. The molecule has 0 aliphatic rings. The van der Waals surface area contributed by atoms with Crippen molar-refractivity contribution in [1.82, 2.24) is 10.2 Å². The van der Waals surface area contributed by atoms with E-state index < -0.39 is 0 Å². The van der Waals surface area contributed by atoms with Crippen molar-refractivity contribution in [2.24, 2.45) is 5.73 Å². The Bertz CT molecular complexity index is 555. The van der Waals surface area contributed by atoms with Crippen LogP contribution in [-0.4, -0.2) is 24.4 Å². The molecule has 0 amide bonds. The third-order valence-electron chi connectivity index (χ3n) is 3.00. The second kappa shape index (κ2) is 5.67. The molecule has 5 heteroatoms. The zero-order chi connectivity index (χ0) is 13.8. The summed E-state index contributed by atoms with van der Waals surface area (Å²) < 4.78 is 10.2. The number of aromatic nitrogens is 2. The molecular formula is C14H17N3O2. The van der Waals surface area contributed by atoms with E-state index in [1.165, 1.54) is 0 Å². The molecule has 0 saturated carbocycles. The van der Waals surface area contributed by atoms with E-state index in [2.05, 4.69) is 10.2 Å². The van der Waals surface area contributed by atoms with Gasteiger partial charge in [-0.25, -0.2) is 0 Å². The summed E-state index contributed by atoms with van der Waals surface area (Å²) in [4.78, 5) is 0. The van der Waals surface area contributed by atoms with Crippen LogP contribution in [0.1, 0.15) is 22.9 Å². The maximum absolute atomic E-state index is 6.22. The van der Waals surface area contributed by atoms with Crippen molar-refractivity contribution < 1.29 is 9.47 Å². The second-order valence-electron chi connectivity index (χ2n) is 4.20. The predicted molar refractivity (Wildman–Crippen MR) is 72.3 cm³/mol. The Morgan fingerprint density at radius 1 is 1.05 bits per heavy atom. The summed E-state index contributed by atoms with van der Waals surface area (Å²) in [6.45, 7) is 1.99. The van der Waals surface area contributed by atoms with Crippen LogP contribution >= 0.6 is 0 Å². The first-order chi connectivity index (χ1) is 9.15. The lowest BCUT2D eigenvalue weighted by Gasteiger charge is -2.14. The van der Waals surface area contributed by atoms with Gasteiger partial charge in [-0.2, -0.15) is 0 Å². The fraction of sp³-hybridized carbons (Fsp3) is 0.286. The van der Waals surface area contributed by atoms with E-state index in [9.17, 15) is 0 Å². The summed E-state index contributed by atoms with van der Waals surface area (Å²) in [5.74, 6) is 1.29. The van der Waals surface area contributed by atoms with Gasteiger partial charge in [0, 0.05) is 6.07 Å². The van der Waals surface area contributed by atoms with Crippen molar-refractivity contribution in [3.05, 3.63) is 47.2 Å². The number of hydrogen-bond donors (Lipinski definition) is 1. The first-order valence-corrected chi connectivity index (χ1v) is 5.93. The van der Waals surface area contributed by atoms with Gasteiger partial charge in [0.1, 0.15) is 5.75 Å². The SMILES string of the molecule is COc1ccc(C(N)c2ccc(OC)nn2)c(C)c1. The molecule has 100 valence electrons. The minimum absolute atomic E-state index is 0.315. The van der Waals surface area contributed by atoms with E-state index >= 15 is 0 Å². The average Bonchev–Trinajstić information content (AvgIpc) is 2.46. The molecule has 1 aromatic heterocycles. The van der Waals surface area contributed by atoms with Gasteiger partial charge < -0.3 is 15.2 Å². The Kier molecular flexibility index (Phi) is 3.97. The van der Waals surface area contributed by atoms with E-state index in [1.54, 1.807) is 20.3 Å². The van der Waals surface area contributed by atoms with Crippen LogP contribution in [0.25, 0.3) is 0 Å². The first kappa shape index (κ1) is 13.3. The van der Waals surface area contributed by atoms with Crippen molar-refractivity contribution in [3.8, 4) is 11.6 Å². The molecule has 1 atom stereocenters. The number of nitrogens with zero attached hydrogens (tertiary/aromatic N) is 2. The van der Waals surface area contributed by atoms with Crippen molar-refractivity contribution in [2.45, 2.75) is 13.0 Å². The number of rotatable bonds is 4. The molecule has 2 rings (SSSR count). The third-order valence-corrected chi connectivity index (χ3v) is 3.00. The summed E-state index contributed by atoms with van der Waals surface area (Å²) in [6, 6.07) is 9.04. The zero-order valence-electron chi connectivity index (χ0n) is 11.3. The van der Waals surface area contributed by atoms with Crippen LogP contribution in [-0.2, 0) is 0 Å². The van der Waals surface area contributed by atoms with Gasteiger partial charge >= 0.3 is 0 Å². The quantitative estimate of drug-likeness (QED) is 0.907. The fourth-order valence-electron chi connectivity index (χ4n) is 1.89. The minimum Gasteiger partial charge on any atom is -0.497 e. The Morgan fingerprint density at radius 3 is 2.37 bits per heavy atom. The summed E-state index contributed by atoms with van der Waals surface area (Å²) >= 11 is 0. The van der Waals surface area contributed by atoms with Gasteiger partial charge in [-0.15, -0.1) is 10.2 Å².